The Morgan fingerprint density at radius 1 is 1.05 bits per heavy atom. The molecule has 3 aromatic carbocycles. The van der Waals surface area contributed by atoms with Crippen molar-refractivity contribution in [2.75, 3.05) is 18.5 Å². The zero-order valence-electron chi connectivity index (χ0n) is 20.4. The van der Waals surface area contributed by atoms with E-state index in [1.165, 1.54) is 4.90 Å². The molecule has 1 heterocycles. The molecule has 1 fully saturated rings. The van der Waals surface area contributed by atoms with Crippen molar-refractivity contribution in [3.8, 4) is 11.5 Å². The molecule has 1 aliphatic rings. The average molecular weight is 611 g/mol. The van der Waals surface area contributed by atoms with Gasteiger partial charge in [-0.25, -0.2) is 4.79 Å². The summed E-state index contributed by atoms with van der Waals surface area (Å²) in [6.07, 6.45) is 1.60. The first-order chi connectivity index (χ1) is 17.8. The Labute approximate surface area is 228 Å². The summed E-state index contributed by atoms with van der Waals surface area (Å²) < 4.78 is 12.3. The molecule has 0 saturated carbocycles. The molecule has 9 heteroatoms. The number of halogens is 1. The van der Waals surface area contributed by atoms with Crippen molar-refractivity contribution in [3.05, 3.63) is 92.7 Å². The topological polar surface area (TPSA) is 97.0 Å². The van der Waals surface area contributed by atoms with Crippen molar-refractivity contribution in [2.45, 2.75) is 20.4 Å². The molecule has 190 valence electrons. The number of nitrogens with one attached hydrogen (secondary N) is 2. The molecule has 2 N–H and O–H groups in total. The predicted molar refractivity (Wildman–Crippen MR) is 149 cm³/mol. The largest absolute Gasteiger partial charge is 0.490 e. The Morgan fingerprint density at radius 2 is 1.78 bits per heavy atom. The third-order valence-electron chi connectivity index (χ3n) is 5.47. The normalized spacial score (nSPS) is 14.0. The van der Waals surface area contributed by atoms with E-state index < -0.39 is 11.9 Å². The lowest BCUT2D eigenvalue weighted by atomic mass is 10.1. The lowest BCUT2D eigenvalue weighted by molar-refractivity contribution is -0.123. The van der Waals surface area contributed by atoms with Crippen molar-refractivity contribution >= 4 is 52.2 Å². The van der Waals surface area contributed by atoms with Gasteiger partial charge in [0.1, 0.15) is 5.70 Å². The van der Waals surface area contributed by atoms with Gasteiger partial charge in [0.25, 0.3) is 11.8 Å². The summed E-state index contributed by atoms with van der Waals surface area (Å²) in [7, 11) is 0. The zero-order valence-corrected chi connectivity index (χ0v) is 22.6. The highest BCUT2D eigenvalue weighted by molar-refractivity contribution is 14.1. The fourth-order valence-corrected chi connectivity index (χ4v) is 4.47. The maximum Gasteiger partial charge on any atom is 0.329 e. The maximum atomic E-state index is 12.9. The number of benzene rings is 3. The van der Waals surface area contributed by atoms with E-state index in [1.54, 1.807) is 18.2 Å². The minimum Gasteiger partial charge on any atom is -0.490 e. The Hall–Kier alpha value is -3.86. The first-order valence-corrected chi connectivity index (χ1v) is 12.8. The molecule has 3 aromatic rings. The average Bonchev–Trinajstić information content (AvgIpc) is 3.13. The molecule has 0 atom stereocenters. The van der Waals surface area contributed by atoms with Gasteiger partial charge < -0.3 is 20.1 Å². The molecule has 0 aromatic heterocycles. The van der Waals surface area contributed by atoms with Gasteiger partial charge >= 0.3 is 6.03 Å². The maximum absolute atomic E-state index is 12.9. The summed E-state index contributed by atoms with van der Waals surface area (Å²) >= 11 is 2.09. The summed E-state index contributed by atoms with van der Waals surface area (Å²) in [4.78, 5) is 38.9. The van der Waals surface area contributed by atoms with Crippen LogP contribution in [0.25, 0.3) is 6.08 Å². The molecule has 0 radical (unpaired) electrons. The second-order valence-corrected chi connectivity index (χ2v) is 9.49. The number of imide groups is 1. The van der Waals surface area contributed by atoms with Crippen LogP contribution < -0.4 is 20.1 Å². The van der Waals surface area contributed by atoms with E-state index in [0.29, 0.717) is 32.9 Å². The summed E-state index contributed by atoms with van der Waals surface area (Å²) in [5.41, 5.74) is 3.46. The fraction of sp³-hybridized carbons (Fsp3) is 0.179. The molecule has 0 spiro atoms. The van der Waals surface area contributed by atoms with Crippen LogP contribution >= 0.6 is 22.6 Å². The van der Waals surface area contributed by atoms with Crippen LogP contribution in [0.2, 0.25) is 0 Å². The molecule has 8 nitrogen and oxygen atoms in total. The lowest BCUT2D eigenvalue weighted by Crippen LogP contribution is -2.30. The summed E-state index contributed by atoms with van der Waals surface area (Å²) in [6, 6.07) is 19.8. The van der Waals surface area contributed by atoms with Crippen molar-refractivity contribution < 1.29 is 23.9 Å². The van der Waals surface area contributed by atoms with E-state index in [0.717, 1.165) is 11.1 Å². The highest BCUT2D eigenvalue weighted by Gasteiger charge is 2.33. The van der Waals surface area contributed by atoms with Gasteiger partial charge in [0.2, 0.25) is 0 Å². The minimum atomic E-state index is -0.473. The van der Waals surface area contributed by atoms with Gasteiger partial charge in [-0.05, 0) is 77.9 Å². The third kappa shape index (κ3) is 6.67. The van der Waals surface area contributed by atoms with Crippen LogP contribution in [0.5, 0.6) is 11.5 Å². The van der Waals surface area contributed by atoms with Crippen LogP contribution in [0.15, 0.2) is 72.4 Å². The van der Waals surface area contributed by atoms with E-state index in [4.69, 9.17) is 9.47 Å². The molecular formula is C28H26IN3O5. The molecule has 0 bridgehead atoms. The van der Waals surface area contributed by atoms with Crippen molar-refractivity contribution in [1.82, 2.24) is 10.2 Å². The van der Waals surface area contributed by atoms with Crippen LogP contribution in [0.4, 0.5) is 10.5 Å². The van der Waals surface area contributed by atoms with E-state index >= 15 is 0 Å². The number of urea groups is 1. The van der Waals surface area contributed by atoms with Crippen LogP contribution in [-0.2, 0) is 16.1 Å². The van der Waals surface area contributed by atoms with Gasteiger partial charge in [0.15, 0.2) is 18.1 Å². The van der Waals surface area contributed by atoms with Crippen LogP contribution in [-0.4, -0.2) is 36.0 Å². The summed E-state index contributed by atoms with van der Waals surface area (Å²) in [5, 5.41) is 5.45. The van der Waals surface area contributed by atoms with Crippen LogP contribution in [0.3, 0.4) is 0 Å². The molecule has 0 aliphatic carbocycles. The smallest absolute Gasteiger partial charge is 0.329 e. The van der Waals surface area contributed by atoms with E-state index in [-0.39, 0.29) is 24.8 Å². The number of anilines is 1. The van der Waals surface area contributed by atoms with Gasteiger partial charge in [-0.15, -0.1) is 0 Å². The Morgan fingerprint density at radius 3 is 2.49 bits per heavy atom. The van der Waals surface area contributed by atoms with Gasteiger partial charge in [-0.3, -0.25) is 14.5 Å². The van der Waals surface area contributed by atoms with Gasteiger partial charge in [0, 0.05) is 5.69 Å². The lowest BCUT2D eigenvalue weighted by Gasteiger charge is -2.15. The minimum absolute atomic E-state index is 0.172. The summed E-state index contributed by atoms with van der Waals surface area (Å²) in [6.45, 7) is 4.18. The summed E-state index contributed by atoms with van der Waals surface area (Å²) in [5.74, 6) is 0.152. The van der Waals surface area contributed by atoms with Crippen molar-refractivity contribution in [3.63, 3.8) is 0 Å². The Kier molecular flexibility index (Phi) is 8.44. The quantitative estimate of drug-likeness (QED) is 0.199. The second-order valence-electron chi connectivity index (χ2n) is 8.33. The highest BCUT2D eigenvalue weighted by atomic mass is 127. The van der Waals surface area contributed by atoms with Gasteiger partial charge in [-0.2, -0.15) is 0 Å². The first-order valence-electron chi connectivity index (χ1n) is 11.7. The zero-order chi connectivity index (χ0) is 26.4. The number of hydrogen-bond donors (Lipinski definition) is 2. The monoisotopic (exact) mass is 611 g/mol. The molecule has 4 rings (SSSR count). The number of rotatable bonds is 9. The molecule has 1 saturated heterocycles. The van der Waals surface area contributed by atoms with Gasteiger partial charge in [-0.1, -0.05) is 48.0 Å². The van der Waals surface area contributed by atoms with Crippen LogP contribution in [0.1, 0.15) is 23.6 Å². The van der Waals surface area contributed by atoms with E-state index in [1.807, 2.05) is 68.4 Å². The van der Waals surface area contributed by atoms with E-state index in [2.05, 4.69) is 33.2 Å². The van der Waals surface area contributed by atoms with Crippen LogP contribution in [0, 0.1) is 10.5 Å². The molecule has 37 heavy (non-hydrogen) atoms. The van der Waals surface area contributed by atoms with Crippen molar-refractivity contribution in [2.24, 2.45) is 0 Å². The number of amides is 4. The fourth-order valence-electron chi connectivity index (χ4n) is 3.69. The second kappa shape index (κ2) is 11.9. The predicted octanol–water partition coefficient (Wildman–Crippen LogP) is 5.11. The SMILES string of the molecule is CCOc1cc(/C=C2/NC(=O)N(Cc3ccccc3)C2=O)cc(I)c1OCC(=O)Nc1ccc(C)cc1. The number of carbonyl (C=O) groups excluding carboxylic acids is 3. The Balaban J connectivity index is 1.48. The molecule has 1 aliphatic heterocycles. The number of aryl methyl sites for hydroxylation is 1. The molecular weight excluding hydrogens is 585 g/mol. The highest BCUT2D eigenvalue weighted by Crippen LogP contribution is 2.35. The third-order valence-corrected chi connectivity index (χ3v) is 6.27. The number of ether oxygens (including phenoxy) is 2. The molecule has 4 amide bonds. The number of hydrogen-bond acceptors (Lipinski definition) is 5. The standard InChI is InChI=1S/C28H26IN3O5/c1-3-36-24-15-20(14-23-27(34)32(28(35)31-23)16-19-7-5-4-6-8-19)13-22(29)26(24)37-17-25(33)30-21-11-9-18(2)10-12-21/h4-15H,3,16-17H2,1-2H3,(H,30,33)(H,31,35)/b23-14+. The van der Waals surface area contributed by atoms with E-state index in [9.17, 15) is 14.4 Å². The Bertz CT molecular complexity index is 1340. The number of nitrogens with zero attached hydrogens (tertiary/aromatic N) is 1. The van der Waals surface area contributed by atoms with Gasteiger partial charge in [0.05, 0.1) is 16.7 Å². The number of carbonyl (C=O) groups is 3. The first kappa shape index (κ1) is 26.2. The van der Waals surface area contributed by atoms with Crippen molar-refractivity contribution in [1.29, 1.82) is 0 Å². The molecule has 0 unspecified atom stereocenters.